The lowest BCUT2D eigenvalue weighted by Crippen LogP contribution is -2.50. The molecule has 2 aliphatic rings. The van der Waals surface area contributed by atoms with Crippen LogP contribution in [0, 0.1) is 11.7 Å². The minimum Gasteiger partial charge on any atom is -0.482 e. The van der Waals surface area contributed by atoms with Gasteiger partial charge in [0.05, 0.1) is 13.2 Å². The molecule has 0 spiro atoms. The number of methoxy groups -OCH3 is 1. The normalized spacial score (nSPS) is 24.6. The van der Waals surface area contributed by atoms with Crippen LogP contribution in [-0.4, -0.2) is 56.2 Å². The van der Waals surface area contributed by atoms with Crippen molar-refractivity contribution in [2.24, 2.45) is 11.0 Å². The van der Waals surface area contributed by atoms with Crippen LogP contribution in [0.15, 0.2) is 17.2 Å². The van der Waals surface area contributed by atoms with Crippen molar-refractivity contribution in [3.63, 3.8) is 0 Å². The highest BCUT2D eigenvalue weighted by atomic mass is 19.3. The van der Waals surface area contributed by atoms with Crippen LogP contribution in [0.2, 0.25) is 0 Å². The molecule has 0 fully saturated rings. The van der Waals surface area contributed by atoms with Gasteiger partial charge in [-0.1, -0.05) is 0 Å². The first-order valence-electron chi connectivity index (χ1n) is 10.0. The van der Waals surface area contributed by atoms with Gasteiger partial charge in [0.1, 0.15) is 23.2 Å². The third-order valence-electron chi connectivity index (χ3n) is 5.08. The molecule has 0 radical (unpaired) electrons. The van der Waals surface area contributed by atoms with Gasteiger partial charge < -0.3 is 25.0 Å². The summed E-state index contributed by atoms with van der Waals surface area (Å²) in [5.41, 5.74) is 1.83. The van der Waals surface area contributed by atoms with E-state index >= 15 is 0 Å². The van der Waals surface area contributed by atoms with Gasteiger partial charge in [0.25, 0.3) is 6.43 Å². The van der Waals surface area contributed by atoms with Crippen molar-refractivity contribution >= 4 is 12.3 Å². The van der Waals surface area contributed by atoms with Crippen molar-refractivity contribution in [1.82, 2.24) is 10.7 Å². The van der Waals surface area contributed by atoms with Gasteiger partial charge in [-0.05, 0) is 44.9 Å². The zero-order chi connectivity index (χ0) is 22.8. The SMILES string of the molecule is COCC1(CNC(=O)OC(C)(C)C)Cc2cc(F)cc(CC3C=NN[C@@H]3C(F)F)c2O1. The number of halogens is 3. The third kappa shape index (κ3) is 5.61. The number of nitrogens with one attached hydrogen (secondary N) is 2. The van der Waals surface area contributed by atoms with E-state index in [1.807, 2.05) is 0 Å². The molecular weight excluding hydrogens is 415 g/mol. The molecule has 0 saturated carbocycles. The fraction of sp³-hybridized carbons (Fsp3) is 0.619. The topological polar surface area (TPSA) is 81.2 Å². The van der Waals surface area contributed by atoms with Crippen molar-refractivity contribution in [2.45, 2.75) is 57.3 Å². The average molecular weight is 443 g/mol. The van der Waals surface area contributed by atoms with Crippen molar-refractivity contribution in [3.8, 4) is 5.75 Å². The molecule has 1 amide bonds. The molecule has 0 bridgehead atoms. The van der Waals surface area contributed by atoms with Gasteiger partial charge in [-0.3, -0.25) is 0 Å². The lowest BCUT2D eigenvalue weighted by Gasteiger charge is -2.29. The monoisotopic (exact) mass is 443 g/mol. The summed E-state index contributed by atoms with van der Waals surface area (Å²) in [6.07, 6.45) is -1.39. The molecule has 2 N–H and O–H groups in total. The van der Waals surface area contributed by atoms with Gasteiger partial charge in [0, 0.05) is 31.2 Å². The predicted octanol–water partition coefficient (Wildman–Crippen LogP) is 3.05. The highest BCUT2D eigenvalue weighted by Gasteiger charge is 2.42. The molecule has 0 aliphatic carbocycles. The number of rotatable bonds is 7. The number of carbonyl (C=O) groups excluding carboxylic acids is 1. The molecule has 172 valence electrons. The summed E-state index contributed by atoms with van der Waals surface area (Å²) in [6, 6.07) is 1.50. The molecule has 1 aromatic rings. The number of alkyl halides is 2. The van der Waals surface area contributed by atoms with Crippen LogP contribution in [0.1, 0.15) is 31.9 Å². The minimum absolute atomic E-state index is 0.0671. The average Bonchev–Trinajstić information content (AvgIpc) is 3.24. The maximum Gasteiger partial charge on any atom is 0.407 e. The molecule has 7 nitrogen and oxygen atoms in total. The highest BCUT2D eigenvalue weighted by molar-refractivity contribution is 5.68. The summed E-state index contributed by atoms with van der Waals surface area (Å²) in [6.45, 7) is 5.45. The molecule has 0 aromatic heterocycles. The second-order valence-corrected chi connectivity index (χ2v) is 8.94. The van der Waals surface area contributed by atoms with Crippen LogP contribution < -0.4 is 15.5 Å². The van der Waals surface area contributed by atoms with Crippen LogP contribution in [0.5, 0.6) is 5.75 Å². The van der Waals surface area contributed by atoms with Gasteiger partial charge in [-0.2, -0.15) is 5.10 Å². The Labute approximate surface area is 179 Å². The number of nitrogens with zero attached hydrogens (tertiary/aromatic N) is 1. The van der Waals surface area contributed by atoms with Gasteiger partial charge >= 0.3 is 6.09 Å². The summed E-state index contributed by atoms with van der Waals surface area (Å²) >= 11 is 0. The van der Waals surface area contributed by atoms with Crippen molar-refractivity contribution in [1.29, 1.82) is 0 Å². The van der Waals surface area contributed by atoms with E-state index < -0.39 is 41.5 Å². The summed E-state index contributed by atoms with van der Waals surface area (Å²) in [5, 5.41) is 6.43. The van der Waals surface area contributed by atoms with Crippen LogP contribution in [0.3, 0.4) is 0 Å². The van der Waals surface area contributed by atoms with E-state index in [1.165, 1.54) is 25.5 Å². The summed E-state index contributed by atoms with van der Waals surface area (Å²) in [4.78, 5) is 12.1. The molecule has 3 rings (SSSR count). The number of fused-ring (bicyclic) bond motifs is 1. The largest absolute Gasteiger partial charge is 0.482 e. The highest BCUT2D eigenvalue weighted by Crippen LogP contribution is 2.40. The third-order valence-corrected chi connectivity index (χ3v) is 5.08. The van der Waals surface area contributed by atoms with E-state index in [2.05, 4.69) is 15.8 Å². The molecule has 1 aromatic carbocycles. The quantitative estimate of drug-likeness (QED) is 0.677. The molecule has 10 heteroatoms. The summed E-state index contributed by atoms with van der Waals surface area (Å²) in [7, 11) is 1.50. The Bertz CT molecular complexity index is 844. The minimum atomic E-state index is -2.61. The first-order valence-corrected chi connectivity index (χ1v) is 10.0. The Kier molecular flexibility index (Phi) is 6.68. The Balaban J connectivity index is 1.79. The van der Waals surface area contributed by atoms with E-state index in [0.29, 0.717) is 16.9 Å². The zero-order valence-electron chi connectivity index (χ0n) is 18.0. The molecular formula is C21H28F3N3O4. The maximum atomic E-state index is 14.3. The second-order valence-electron chi connectivity index (χ2n) is 8.94. The van der Waals surface area contributed by atoms with Gasteiger partial charge in [-0.25, -0.2) is 18.0 Å². The number of alkyl carbamates (subject to hydrolysis) is 1. The van der Waals surface area contributed by atoms with E-state index in [0.717, 1.165) is 0 Å². The first kappa shape index (κ1) is 23.2. The molecule has 0 saturated heterocycles. The number of hydrogen-bond donors (Lipinski definition) is 2. The first-order chi connectivity index (χ1) is 14.5. The van der Waals surface area contributed by atoms with Gasteiger partial charge in [0.15, 0.2) is 5.60 Å². The smallest absolute Gasteiger partial charge is 0.407 e. The second kappa shape index (κ2) is 8.94. The number of carbonyl (C=O) groups is 1. The van der Waals surface area contributed by atoms with E-state index in [4.69, 9.17) is 14.2 Å². The summed E-state index contributed by atoms with van der Waals surface area (Å²) in [5.74, 6) is -0.660. The number of hydrogen-bond acceptors (Lipinski definition) is 6. The summed E-state index contributed by atoms with van der Waals surface area (Å²) < 4.78 is 57.6. The fourth-order valence-electron chi connectivity index (χ4n) is 3.86. The Morgan fingerprint density at radius 2 is 2.16 bits per heavy atom. The molecule has 2 unspecified atom stereocenters. The Morgan fingerprint density at radius 1 is 1.42 bits per heavy atom. The zero-order valence-corrected chi connectivity index (χ0v) is 18.0. The molecule has 31 heavy (non-hydrogen) atoms. The molecule has 3 atom stereocenters. The van der Waals surface area contributed by atoms with Crippen molar-refractivity contribution < 1.29 is 32.2 Å². The molecule has 2 heterocycles. The Morgan fingerprint density at radius 3 is 2.81 bits per heavy atom. The van der Waals surface area contributed by atoms with Crippen LogP contribution in [0.25, 0.3) is 0 Å². The standard InChI is InChI=1S/C21H28F3N3O4/c1-20(2,3)31-19(28)25-10-21(11-29-4)8-13-7-15(22)6-12(17(13)30-21)5-14-9-26-27-16(14)18(23)24/h6-7,9,14,16,18,27H,5,8,10-11H2,1-4H3,(H,25,28)/t14?,16-,21?/m0/s1. The fourth-order valence-corrected chi connectivity index (χ4v) is 3.86. The van der Waals surface area contributed by atoms with E-state index in [-0.39, 0.29) is 26.0 Å². The van der Waals surface area contributed by atoms with Crippen molar-refractivity contribution in [2.75, 3.05) is 20.3 Å². The van der Waals surface area contributed by atoms with Crippen molar-refractivity contribution in [3.05, 3.63) is 29.1 Å². The predicted molar refractivity (Wildman–Crippen MR) is 108 cm³/mol. The number of hydrazone groups is 1. The van der Waals surface area contributed by atoms with Crippen LogP contribution in [0.4, 0.5) is 18.0 Å². The van der Waals surface area contributed by atoms with E-state index in [1.54, 1.807) is 20.8 Å². The number of amides is 1. The van der Waals surface area contributed by atoms with Crippen LogP contribution in [-0.2, 0) is 22.3 Å². The van der Waals surface area contributed by atoms with Gasteiger partial charge in [-0.15, -0.1) is 0 Å². The lowest BCUT2D eigenvalue weighted by molar-refractivity contribution is 0.00112. The van der Waals surface area contributed by atoms with Crippen LogP contribution >= 0.6 is 0 Å². The lowest BCUT2D eigenvalue weighted by atomic mass is 9.92. The number of benzene rings is 1. The number of ether oxygens (including phenoxy) is 3. The maximum absolute atomic E-state index is 14.3. The van der Waals surface area contributed by atoms with Gasteiger partial charge in [0.2, 0.25) is 0 Å². The molecule has 2 aliphatic heterocycles. The Hall–Kier alpha value is -2.49. The van der Waals surface area contributed by atoms with E-state index in [9.17, 15) is 18.0 Å².